The molecule has 1 aliphatic carbocycles. The van der Waals surface area contributed by atoms with Crippen molar-refractivity contribution in [2.75, 3.05) is 33.2 Å². The molecule has 1 fully saturated rings. The van der Waals surface area contributed by atoms with Crippen molar-refractivity contribution >= 4 is 5.57 Å². The van der Waals surface area contributed by atoms with Gasteiger partial charge in [0.1, 0.15) is 0 Å². The molecule has 2 aliphatic rings. The van der Waals surface area contributed by atoms with Gasteiger partial charge < -0.3 is 4.90 Å². The molecule has 1 aromatic heterocycles. The van der Waals surface area contributed by atoms with Crippen molar-refractivity contribution in [2.45, 2.75) is 26.8 Å². The molecule has 0 unspecified atom stereocenters. The van der Waals surface area contributed by atoms with Crippen LogP contribution in [-0.4, -0.2) is 48.0 Å². The standard InChI is InChI=1S/C28H31N3/c1-20-4-5-21(2)26(16-20)25-10-11-28-27(25)17-24(18-29-28)23-8-6-22(7-9-23)19-31-14-12-30(3)13-15-31/h4-10,16-18H,11-15,19H2,1-3H3. The van der Waals surface area contributed by atoms with E-state index in [1.807, 2.05) is 6.20 Å². The Balaban J connectivity index is 1.37. The highest BCUT2D eigenvalue weighted by Crippen LogP contribution is 2.36. The molecule has 31 heavy (non-hydrogen) atoms. The number of benzene rings is 2. The lowest BCUT2D eigenvalue weighted by Crippen LogP contribution is -2.43. The number of aryl methyl sites for hydroxylation is 2. The Hall–Kier alpha value is -2.75. The lowest BCUT2D eigenvalue weighted by molar-refractivity contribution is 0.148. The van der Waals surface area contributed by atoms with E-state index >= 15 is 0 Å². The monoisotopic (exact) mass is 409 g/mol. The molecule has 0 amide bonds. The van der Waals surface area contributed by atoms with Crippen molar-refractivity contribution in [1.29, 1.82) is 0 Å². The number of likely N-dealkylation sites (N-methyl/N-ethyl adjacent to an activating group) is 1. The fourth-order valence-corrected chi connectivity index (χ4v) is 4.70. The smallest absolute Gasteiger partial charge is 0.0520 e. The van der Waals surface area contributed by atoms with Gasteiger partial charge in [-0.25, -0.2) is 0 Å². The van der Waals surface area contributed by atoms with Crippen LogP contribution >= 0.6 is 0 Å². The van der Waals surface area contributed by atoms with E-state index in [1.54, 1.807) is 0 Å². The van der Waals surface area contributed by atoms with E-state index in [0.717, 1.165) is 39.1 Å². The normalized spacial score (nSPS) is 16.9. The summed E-state index contributed by atoms with van der Waals surface area (Å²) in [5, 5.41) is 0. The van der Waals surface area contributed by atoms with E-state index < -0.39 is 0 Å². The van der Waals surface area contributed by atoms with Crippen molar-refractivity contribution in [1.82, 2.24) is 14.8 Å². The van der Waals surface area contributed by atoms with Crippen molar-refractivity contribution in [3.05, 3.63) is 94.3 Å². The minimum absolute atomic E-state index is 0.919. The molecule has 3 heteroatoms. The summed E-state index contributed by atoms with van der Waals surface area (Å²) in [6.07, 6.45) is 5.29. The molecule has 3 nitrogen and oxygen atoms in total. The van der Waals surface area contributed by atoms with Crippen molar-refractivity contribution in [2.24, 2.45) is 0 Å². The zero-order valence-electron chi connectivity index (χ0n) is 18.9. The number of aromatic nitrogens is 1. The third kappa shape index (κ3) is 4.21. The summed E-state index contributed by atoms with van der Waals surface area (Å²) in [7, 11) is 2.21. The fourth-order valence-electron chi connectivity index (χ4n) is 4.70. The summed E-state index contributed by atoms with van der Waals surface area (Å²) in [5.41, 5.74) is 11.6. The largest absolute Gasteiger partial charge is 0.304 e. The maximum absolute atomic E-state index is 4.82. The van der Waals surface area contributed by atoms with Crippen LogP contribution < -0.4 is 0 Å². The number of hydrogen-bond acceptors (Lipinski definition) is 3. The molecule has 5 rings (SSSR count). The molecule has 0 saturated carbocycles. The predicted molar refractivity (Wildman–Crippen MR) is 129 cm³/mol. The zero-order chi connectivity index (χ0) is 21.4. The van der Waals surface area contributed by atoms with Gasteiger partial charge in [-0.3, -0.25) is 9.88 Å². The summed E-state index contributed by atoms with van der Waals surface area (Å²) in [6.45, 7) is 10.0. The highest BCUT2D eigenvalue weighted by molar-refractivity contribution is 5.87. The highest BCUT2D eigenvalue weighted by atomic mass is 15.2. The molecular weight excluding hydrogens is 378 g/mol. The molecule has 0 radical (unpaired) electrons. The second kappa shape index (κ2) is 8.41. The zero-order valence-corrected chi connectivity index (χ0v) is 18.9. The summed E-state index contributed by atoms with van der Waals surface area (Å²) in [5.74, 6) is 0. The summed E-state index contributed by atoms with van der Waals surface area (Å²) in [6, 6.07) is 18.1. The maximum Gasteiger partial charge on any atom is 0.0520 e. The van der Waals surface area contributed by atoms with Gasteiger partial charge in [-0.15, -0.1) is 0 Å². The number of nitrogens with zero attached hydrogens (tertiary/aromatic N) is 3. The number of rotatable bonds is 4. The van der Waals surface area contributed by atoms with Crippen LogP contribution in [0.5, 0.6) is 0 Å². The number of allylic oxidation sites excluding steroid dienone is 1. The molecule has 0 bridgehead atoms. The van der Waals surface area contributed by atoms with E-state index in [4.69, 9.17) is 4.98 Å². The summed E-state index contributed by atoms with van der Waals surface area (Å²) >= 11 is 0. The number of piperazine rings is 1. The van der Waals surface area contributed by atoms with Gasteiger partial charge in [0.05, 0.1) is 5.69 Å². The quantitative estimate of drug-likeness (QED) is 0.598. The first-order valence-electron chi connectivity index (χ1n) is 11.3. The molecule has 0 spiro atoms. The summed E-state index contributed by atoms with van der Waals surface area (Å²) < 4.78 is 0. The molecule has 2 heterocycles. The fraction of sp³-hybridized carbons (Fsp3) is 0.321. The Labute approximate surface area is 186 Å². The molecule has 1 saturated heterocycles. The average molecular weight is 410 g/mol. The van der Waals surface area contributed by atoms with Crippen LogP contribution in [-0.2, 0) is 13.0 Å². The van der Waals surface area contributed by atoms with Gasteiger partial charge in [-0.2, -0.15) is 0 Å². The van der Waals surface area contributed by atoms with Gasteiger partial charge in [0.25, 0.3) is 0 Å². The van der Waals surface area contributed by atoms with E-state index in [9.17, 15) is 0 Å². The average Bonchev–Trinajstić information content (AvgIpc) is 3.21. The minimum atomic E-state index is 0.919. The van der Waals surface area contributed by atoms with Gasteiger partial charge in [0.15, 0.2) is 0 Å². The number of fused-ring (bicyclic) bond motifs is 1. The van der Waals surface area contributed by atoms with Crippen LogP contribution in [0.2, 0.25) is 0 Å². The van der Waals surface area contributed by atoms with Crippen molar-refractivity contribution in [3.63, 3.8) is 0 Å². The van der Waals surface area contributed by atoms with Gasteiger partial charge in [0, 0.05) is 56.5 Å². The van der Waals surface area contributed by atoms with Crippen LogP contribution in [0.15, 0.2) is 60.8 Å². The third-order valence-corrected chi connectivity index (χ3v) is 6.73. The van der Waals surface area contributed by atoms with Gasteiger partial charge >= 0.3 is 0 Å². The van der Waals surface area contributed by atoms with E-state index in [2.05, 4.69) is 85.3 Å². The SMILES string of the molecule is Cc1ccc(C)c(C2=CCc3ncc(-c4ccc(CN5CCN(C)CC5)cc4)cc32)c1. The number of hydrogen-bond donors (Lipinski definition) is 0. The molecule has 0 N–H and O–H groups in total. The first-order chi connectivity index (χ1) is 15.1. The summed E-state index contributed by atoms with van der Waals surface area (Å²) in [4.78, 5) is 9.77. The van der Waals surface area contributed by atoms with Gasteiger partial charge in [0.2, 0.25) is 0 Å². The predicted octanol–water partition coefficient (Wildman–Crippen LogP) is 5.10. The second-order valence-corrected chi connectivity index (χ2v) is 9.13. The molecular formula is C28H31N3. The minimum Gasteiger partial charge on any atom is -0.304 e. The van der Waals surface area contributed by atoms with Gasteiger partial charge in [-0.05, 0) is 54.8 Å². The van der Waals surface area contributed by atoms with Crippen LogP contribution in [0.1, 0.15) is 33.5 Å². The maximum atomic E-state index is 4.82. The van der Waals surface area contributed by atoms with E-state index in [0.29, 0.717) is 0 Å². The second-order valence-electron chi connectivity index (χ2n) is 9.13. The first kappa shape index (κ1) is 20.2. The van der Waals surface area contributed by atoms with Crippen LogP contribution in [0.25, 0.3) is 16.7 Å². The highest BCUT2D eigenvalue weighted by Gasteiger charge is 2.19. The molecule has 2 aromatic carbocycles. The van der Waals surface area contributed by atoms with Crippen molar-refractivity contribution < 1.29 is 0 Å². The topological polar surface area (TPSA) is 19.4 Å². The van der Waals surface area contributed by atoms with Gasteiger partial charge in [-0.1, -0.05) is 54.1 Å². The van der Waals surface area contributed by atoms with E-state index in [1.165, 1.54) is 50.2 Å². The lowest BCUT2D eigenvalue weighted by atomic mass is 9.94. The molecule has 3 aromatic rings. The van der Waals surface area contributed by atoms with Crippen LogP contribution in [0.4, 0.5) is 0 Å². The Kier molecular flexibility index (Phi) is 5.47. The molecule has 1 aliphatic heterocycles. The van der Waals surface area contributed by atoms with Crippen LogP contribution in [0, 0.1) is 13.8 Å². The number of pyridine rings is 1. The van der Waals surface area contributed by atoms with E-state index in [-0.39, 0.29) is 0 Å². The van der Waals surface area contributed by atoms with Crippen molar-refractivity contribution in [3.8, 4) is 11.1 Å². The Morgan fingerprint density at radius 1 is 0.839 bits per heavy atom. The van der Waals surface area contributed by atoms with Crippen LogP contribution in [0.3, 0.4) is 0 Å². The Bertz CT molecular complexity index is 1120. The Morgan fingerprint density at radius 2 is 1.61 bits per heavy atom. The third-order valence-electron chi connectivity index (χ3n) is 6.73. The first-order valence-corrected chi connectivity index (χ1v) is 11.3. The Morgan fingerprint density at radius 3 is 2.39 bits per heavy atom. The molecule has 158 valence electrons. The molecule has 0 atom stereocenters. The lowest BCUT2D eigenvalue weighted by Gasteiger charge is -2.32.